The van der Waals surface area contributed by atoms with Gasteiger partial charge in [-0.15, -0.1) is 0 Å². The van der Waals surface area contributed by atoms with Crippen LogP contribution in [-0.2, 0) is 4.79 Å². The molecule has 1 aliphatic rings. The fourth-order valence-electron chi connectivity index (χ4n) is 2.74. The second-order valence-electron chi connectivity index (χ2n) is 5.91. The third kappa shape index (κ3) is 4.38. The van der Waals surface area contributed by atoms with Crippen molar-refractivity contribution in [2.45, 2.75) is 18.5 Å². The van der Waals surface area contributed by atoms with Crippen LogP contribution in [-0.4, -0.2) is 32.4 Å². The lowest BCUT2D eigenvalue weighted by atomic mass is 10.0. The van der Waals surface area contributed by atoms with Crippen molar-refractivity contribution in [3.8, 4) is 11.5 Å². The number of hydrazone groups is 1. The van der Waals surface area contributed by atoms with Gasteiger partial charge in [-0.25, -0.2) is 16.3 Å². The predicted molar refractivity (Wildman–Crippen MR) is 99.1 cm³/mol. The van der Waals surface area contributed by atoms with Gasteiger partial charge in [0.05, 0.1) is 20.4 Å². The van der Waals surface area contributed by atoms with Crippen molar-refractivity contribution >= 4 is 12.1 Å². The number of benzene rings is 2. The molecule has 1 fully saturated rings. The molecule has 7 nitrogen and oxygen atoms in total. The maximum Gasteiger partial charge on any atom is 0.258 e. The number of hydrogen-bond donors (Lipinski definition) is 3. The molecule has 1 aliphatic heterocycles. The Kier molecular flexibility index (Phi) is 5.83. The Hall–Kier alpha value is -2.90. The molecular weight excluding hydrogens is 332 g/mol. The van der Waals surface area contributed by atoms with Crippen molar-refractivity contribution in [3.63, 3.8) is 0 Å². The minimum absolute atomic E-state index is 0.0337. The van der Waals surface area contributed by atoms with Crippen LogP contribution in [0, 0.1) is 0 Å². The molecule has 1 heterocycles. The number of ether oxygens (including phenoxy) is 2. The maximum absolute atomic E-state index is 12.3. The summed E-state index contributed by atoms with van der Waals surface area (Å²) in [4.78, 5) is 12.3. The molecule has 0 radical (unpaired) electrons. The summed E-state index contributed by atoms with van der Waals surface area (Å²) in [5.41, 5.74) is 10.7. The minimum Gasteiger partial charge on any atom is -0.497 e. The van der Waals surface area contributed by atoms with Crippen molar-refractivity contribution in [1.29, 1.82) is 0 Å². The van der Waals surface area contributed by atoms with Gasteiger partial charge in [0.2, 0.25) is 0 Å². The van der Waals surface area contributed by atoms with Crippen molar-refractivity contribution in [3.05, 3.63) is 59.7 Å². The smallest absolute Gasteiger partial charge is 0.258 e. The SMILES string of the molecule is COc1ccc(/C=N/NC(=O)C2CC(c3cccc(OC)c3)NN2)cc1. The highest BCUT2D eigenvalue weighted by molar-refractivity contribution is 5.85. The molecule has 2 aromatic rings. The second kappa shape index (κ2) is 8.46. The van der Waals surface area contributed by atoms with Crippen LogP contribution >= 0.6 is 0 Å². The number of nitrogens with zero attached hydrogens (tertiary/aromatic N) is 1. The molecule has 1 saturated heterocycles. The third-order valence-corrected chi connectivity index (χ3v) is 4.22. The maximum atomic E-state index is 12.3. The lowest BCUT2D eigenvalue weighted by Gasteiger charge is -2.10. The molecule has 2 atom stereocenters. The van der Waals surface area contributed by atoms with E-state index in [2.05, 4.69) is 21.4 Å². The van der Waals surface area contributed by atoms with Crippen molar-refractivity contribution < 1.29 is 14.3 Å². The summed E-state index contributed by atoms with van der Waals surface area (Å²) in [6.07, 6.45) is 2.22. The highest BCUT2D eigenvalue weighted by Crippen LogP contribution is 2.25. The topological polar surface area (TPSA) is 84.0 Å². The molecule has 0 aromatic heterocycles. The molecule has 0 saturated carbocycles. The van der Waals surface area contributed by atoms with E-state index in [4.69, 9.17) is 9.47 Å². The van der Waals surface area contributed by atoms with Gasteiger partial charge in [-0.1, -0.05) is 12.1 Å². The highest BCUT2D eigenvalue weighted by atomic mass is 16.5. The third-order valence-electron chi connectivity index (χ3n) is 4.22. The first-order valence-electron chi connectivity index (χ1n) is 8.31. The Labute approximate surface area is 152 Å². The van der Waals surface area contributed by atoms with E-state index in [0.717, 1.165) is 22.6 Å². The Morgan fingerprint density at radius 1 is 1.12 bits per heavy atom. The molecular formula is C19H22N4O3. The number of rotatable bonds is 6. The molecule has 1 amide bonds. The Morgan fingerprint density at radius 2 is 1.88 bits per heavy atom. The van der Waals surface area contributed by atoms with Crippen LogP contribution in [0.2, 0.25) is 0 Å². The zero-order valence-electron chi connectivity index (χ0n) is 14.7. The van der Waals surface area contributed by atoms with Crippen LogP contribution in [0.15, 0.2) is 53.6 Å². The lowest BCUT2D eigenvalue weighted by molar-refractivity contribution is -0.122. The van der Waals surface area contributed by atoms with Crippen LogP contribution in [0.25, 0.3) is 0 Å². The number of amides is 1. The van der Waals surface area contributed by atoms with E-state index >= 15 is 0 Å². The molecule has 2 unspecified atom stereocenters. The average Bonchev–Trinajstić information content (AvgIpc) is 3.19. The van der Waals surface area contributed by atoms with Gasteiger partial charge < -0.3 is 9.47 Å². The standard InChI is InChI=1S/C19H22N4O3/c1-25-15-8-6-13(7-9-15)12-20-23-19(24)18-11-17(21-22-18)14-4-3-5-16(10-14)26-2/h3-10,12,17-18,21-22H,11H2,1-2H3,(H,23,24)/b20-12+. The number of hydrogen-bond acceptors (Lipinski definition) is 6. The van der Waals surface area contributed by atoms with Gasteiger partial charge in [-0.3, -0.25) is 4.79 Å². The number of nitrogens with one attached hydrogen (secondary N) is 3. The Morgan fingerprint density at radius 3 is 2.62 bits per heavy atom. The lowest BCUT2D eigenvalue weighted by Crippen LogP contribution is -2.41. The number of carbonyl (C=O) groups excluding carboxylic acids is 1. The van der Waals surface area contributed by atoms with Crippen LogP contribution in [0.1, 0.15) is 23.6 Å². The van der Waals surface area contributed by atoms with Crippen LogP contribution in [0.5, 0.6) is 11.5 Å². The van der Waals surface area contributed by atoms with Crippen molar-refractivity contribution in [1.82, 2.24) is 16.3 Å². The molecule has 136 valence electrons. The monoisotopic (exact) mass is 354 g/mol. The summed E-state index contributed by atoms with van der Waals surface area (Å²) in [6, 6.07) is 14.9. The molecule has 2 aromatic carbocycles. The van der Waals surface area contributed by atoms with Gasteiger partial charge >= 0.3 is 0 Å². The molecule has 0 spiro atoms. The van der Waals surface area contributed by atoms with E-state index < -0.39 is 0 Å². The fraction of sp³-hybridized carbons (Fsp3) is 0.263. The van der Waals surface area contributed by atoms with E-state index in [9.17, 15) is 4.79 Å². The zero-order chi connectivity index (χ0) is 18.4. The van der Waals surface area contributed by atoms with Crippen LogP contribution in [0.4, 0.5) is 0 Å². The van der Waals surface area contributed by atoms with Gasteiger partial charge in [0.15, 0.2) is 0 Å². The number of methoxy groups -OCH3 is 2. The fourth-order valence-corrected chi connectivity index (χ4v) is 2.74. The molecule has 0 aliphatic carbocycles. The molecule has 3 N–H and O–H groups in total. The first kappa shape index (κ1) is 17.9. The molecule has 7 heteroatoms. The van der Waals surface area contributed by atoms with Crippen LogP contribution < -0.4 is 25.8 Å². The summed E-state index contributed by atoms with van der Waals surface area (Å²) in [5, 5.41) is 4.01. The van der Waals surface area contributed by atoms with Gasteiger partial charge in [-0.05, 0) is 53.9 Å². The van der Waals surface area contributed by atoms with E-state index in [-0.39, 0.29) is 18.0 Å². The van der Waals surface area contributed by atoms with Crippen LogP contribution in [0.3, 0.4) is 0 Å². The van der Waals surface area contributed by atoms with E-state index in [1.807, 2.05) is 48.5 Å². The Bertz CT molecular complexity index is 777. The summed E-state index contributed by atoms with van der Waals surface area (Å²) in [7, 11) is 3.25. The van der Waals surface area contributed by atoms with Gasteiger partial charge in [-0.2, -0.15) is 5.10 Å². The average molecular weight is 354 g/mol. The first-order chi connectivity index (χ1) is 12.7. The van der Waals surface area contributed by atoms with E-state index in [1.54, 1.807) is 20.4 Å². The van der Waals surface area contributed by atoms with E-state index in [0.29, 0.717) is 6.42 Å². The van der Waals surface area contributed by atoms with Gasteiger partial charge in [0, 0.05) is 6.04 Å². The van der Waals surface area contributed by atoms with Gasteiger partial charge in [0.25, 0.3) is 5.91 Å². The summed E-state index contributed by atoms with van der Waals surface area (Å²) in [5.74, 6) is 1.38. The summed E-state index contributed by atoms with van der Waals surface area (Å²) in [6.45, 7) is 0. The van der Waals surface area contributed by atoms with Gasteiger partial charge in [0.1, 0.15) is 17.5 Å². The Balaban J connectivity index is 1.53. The molecule has 0 bridgehead atoms. The van der Waals surface area contributed by atoms with E-state index in [1.165, 1.54) is 0 Å². The zero-order valence-corrected chi connectivity index (χ0v) is 14.7. The van der Waals surface area contributed by atoms with Crippen molar-refractivity contribution in [2.75, 3.05) is 14.2 Å². The number of hydrazine groups is 1. The largest absolute Gasteiger partial charge is 0.497 e. The molecule has 26 heavy (non-hydrogen) atoms. The quantitative estimate of drug-likeness (QED) is 0.544. The van der Waals surface area contributed by atoms with Crippen molar-refractivity contribution in [2.24, 2.45) is 5.10 Å². The highest BCUT2D eigenvalue weighted by Gasteiger charge is 2.30. The minimum atomic E-state index is -0.362. The number of carbonyl (C=O) groups is 1. The first-order valence-corrected chi connectivity index (χ1v) is 8.31. The summed E-state index contributed by atoms with van der Waals surface area (Å²) < 4.78 is 10.3. The molecule has 3 rings (SSSR count). The predicted octanol–water partition coefficient (Wildman–Crippen LogP) is 1.76. The summed E-state index contributed by atoms with van der Waals surface area (Å²) >= 11 is 0. The second-order valence-corrected chi connectivity index (χ2v) is 5.91. The normalized spacial score (nSPS) is 19.5.